The van der Waals surface area contributed by atoms with Crippen LogP contribution in [0.5, 0.6) is 0 Å². The molecule has 1 aromatic carbocycles. The molecule has 2 heterocycles. The van der Waals surface area contributed by atoms with Crippen LogP contribution in [0.25, 0.3) is 11.3 Å². The second-order valence-electron chi connectivity index (χ2n) is 9.25. The van der Waals surface area contributed by atoms with Gasteiger partial charge in [0.25, 0.3) is 0 Å². The fourth-order valence-corrected chi connectivity index (χ4v) is 4.55. The van der Waals surface area contributed by atoms with E-state index >= 15 is 0 Å². The first-order valence-corrected chi connectivity index (χ1v) is 10.1. The highest BCUT2D eigenvalue weighted by atomic mass is 19.1. The lowest BCUT2D eigenvalue weighted by Crippen LogP contribution is -2.71. The van der Waals surface area contributed by atoms with Crippen molar-refractivity contribution in [1.29, 1.82) is 5.26 Å². The zero-order valence-electron chi connectivity index (χ0n) is 18.1. The van der Waals surface area contributed by atoms with Crippen molar-refractivity contribution in [2.24, 2.45) is 5.92 Å². The molecular formula is C22H27FN6O2. The minimum Gasteiger partial charge on any atom is -0.530 e. The van der Waals surface area contributed by atoms with Crippen molar-refractivity contribution in [2.45, 2.75) is 45.7 Å². The number of hydrogen-bond acceptors (Lipinski definition) is 6. The standard InChI is InChI=1S/C22H27FN6O2/c1-13-7-16(26-21(30)31)12-29(11-13,22(2,3)4)19-9-18(27-20(25)28-19)14-5-6-15(10-24)17(23)8-14/h5-6,8-9,13,16,26H,7,11-12H2,1-4H3,(H2-,25,27,28,30,31)/t13-,16-,29?/m1/s1. The first kappa shape index (κ1) is 22.4. The van der Waals surface area contributed by atoms with E-state index in [9.17, 15) is 14.3 Å². The molecule has 1 aliphatic heterocycles. The van der Waals surface area contributed by atoms with Crippen molar-refractivity contribution in [1.82, 2.24) is 19.8 Å². The summed E-state index contributed by atoms with van der Waals surface area (Å²) in [5, 5.41) is 22.7. The summed E-state index contributed by atoms with van der Waals surface area (Å²) in [4.78, 5) is 20.0. The summed E-state index contributed by atoms with van der Waals surface area (Å²) in [6.45, 7) is 9.48. The van der Waals surface area contributed by atoms with Gasteiger partial charge in [0, 0.05) is 17.5 Å². The summed E-state index contributed by atoms with van der Waals surface area (Å²) < 4.78 is 14.6. The summed E-state index contributed by atoms with van der Waals surface area (Å²) in [5.74, 6) is 0.248. The van der Waals surface area contributed by atoms with Crippen LogP contribution >= 0.6 is 0 Å². The molecule has 0 aliphatic carbocycles. The second-order valence-corrected chi connectivity index (χ2v) is 9.25. The molecule has 1 saturated heterocycles. The maximum absolute atomic E-state index is 14.2. The number of carbonyl (C=O) groups excluding carboxylic acids is 1. The van der Waals surface area contributed by atoms with E-state index in [1.54, 1.807) is 18.2 Å². The Balaban J connectivity index is 2.14. The molecule has 0 radical (unpaired) electrons. The minimum absolute atomic E-state index is 0.0432. The lowest BCUT2D eigenvalue weighted by Gasteiger charge is -2.53. The molecule has 0 bridgehead atoms. The van der Waals surface area contributed by atoms with E-state index in [-0.39, 0.29) is 29.0 Å². The molecule has 3 atom stereocenters. The van der Waals surface area contributed by atoms with Gasteiger partial charge in [-0.2, -0.15) is 10.2 Å². The molecule has 9 heteroatoms. The molecule has 3 N–H and O–H groups in total. The van der Waals surface area contributed by atoms with Crippen LogP contribution in [0.3, 0.4) is 0 Å². The Hall–Kier alpha value is -3.25. The highest BCUT2D eigenvalue weighted by Crippen LogP contribution is 2.39. The minimum atomic E-state index is -1.30. The SMILES string of the molecule is C[C@@H]1C[C@@H](NC(=O)[O-])C[N+](c2cc(-c3ccc(C#N)c(F)c3)nc(N)n2)(C(C)(C)C)C1. The highest BCUT2D eigenvalue weighted by Gasteiger charge is 2.49. The van der Waals surface area contributed by atoms with E-state index in [2.05, 4.69) is 43.0 Å². The summed E-state index contributed by atoms with van der Waals surface area (Å²) in [6, 6.07) is 7.55. The van der Waals surface area contributed by atoms with Crippen molar-refractivity contribution in [3.05, 3.63) is 35.6 Å². The van der Waals surface area contributed by atoms with Gasteiger partial charge < -0.3 is 21.0 Å². The second kappa shape index (κ2) is 8.12. The number of halogens is 1. The molecule has 1 amide bonds. The molecule has 164 valence electrons. The number of amides is 1. The number of benzene rings is 1. The van der Waals surface area contributed by atoms with Gasteiger partial charge in [0.1, 0.15) is 24.5 Å². The van der Waals surface area contributed by atoms with Gasteiger partial charge in [-0.25, -0.2) is 9.37 Å². The summed E-state index contributed by atoms with van der Waals surface area (Å²) in [7, 11) is 0. The molecule has 1 aromatic heterocycles. The molecule has 0 saturated carbocycles. The van der Waals surface area contributed by atoms with Crippen molar-refractivity contribution in [3.63, 3.8) is 0 Å². The van der Waals surface area contributed by atoms with E-state index in [0.717, 1.165) is 6.54 Å². The van der Waals surface area contributed by atoms with Crippen molar-refractivity contribution < 1.29 is 14.3 Å². The summed E-state index contributed by atoms with van der Waals surface area (Å²) in [5.41, 5.74) is 6.58. The third-order valence-electron chi connectivity index (χ3n) is 6.00. The molecule has 2 aromatic rings. The maximum Gasteiger partial charge on any atom is 0.233 e. The number of nitrogen functional groups attached to an aromatic ring is 1. The van der Waals surface area contributed by atoms with Gasteiger partial charge in [-0.1, -0.05) is 13.0 Å². The fourth-order valence-electron chi connectivity index (χ4n) is 4.55. The molecule has 8 nitrogen and oxygen atoms in total. The number of quaternary nitrogens is 1. The molecular weight excluding hydrogens is 399 g/mol. The topological polar surface area (TPSA) is 128 Å². The van der Waals surface area contributed by atoms with Gasteiger partial charge in [0.2, 0.25) is 11.8 Å². The number of nitriles is 1. The van der Waals surface area contributed by atoms with Crippen molar-refractivity contribution in [2.75, 3.05) is 18.8 Å². The third kappa shape index (κ3) is 4.44. The lowest BCUT2D eigenvalue weighted by atomic mass is 9.87. The lowest BCUT2D eigenvalue weighted by molar-refractivity contribution is -0.252. The quantitative estimate of drug-likeness (QED) is 0.724. The Bertz CT molecular complexity index is 1050. The Morgan fingerprint density at radius 3 is 2.61 bits per heavy atom. The largest absolute Gasteiger partial charge is 0.530 e. The number of carbonyl (C=O) groups is 1. The molecule has 1 unspecified atom stereocenters. The van der Waals surface area contributed by atoms with Gasteiger partial charge in [-0.05, 0) is 39.3 Å². The number of nitrogens with zero attached hydrogens (tertiary/aromatic N) is 4. The van der Waals surface area contributed by atoms with Crippen LogP contribution in [0.2, 0.25) is 0 Å². The van der Waals surface area contributed by atoms with Gasteiger partial charge >= 0.3 is 0 Å². The number of nitrogens with one attached hydrogen (secondary N) is 1. The number of piperidine rings is 1. The molecule has 1 aliphatic rings. The van der Waals surface area contributed by atoms with Crippen LogP contribution in [0.15, 0.2) is 24.3 Å². The van der Waals surface area contributed by atoms with Crippen LogP contribution in [-0.2, 0) is 0 Å². The van der Waals surface area contributed by atoms with Crippen LogP contribution in [0.1, 0.15) is 39.7 Å². The van der Waals surface area contributed by atoms with Crippen molar-refractivity contribution in [3.8, 4) is 17.3 Å². The van der Waals surface area contributed by atoms with E-state index in [1.807, 2.05) is 0 Å². The number of carboxylic acid groups (broad SMARTS) is 1. The van der Waals surface area contributed by atoms with E-state index < -0.39 is 11.9 Å². The average molecular weight is 426 g/mol. The molecule has 31 heavy (non-hydrogen) atoms. The summed E-state index contributed by atoms with van der Waals surface area (Å²) >= 11 is 0. The monoisotopic (exact) mass is 426 g/mol. The van der Waals surface area contributed by atoms with Gasteiger partial charge in [0.05, 0.1) is 29.4 Å². The number of anilines is 1. The zero-order chi connectivity index (χ0) is 23.0. The van der Waals surface area contributed by atoms with Crippen molar-refractivity contribution >= 4 is 17.9 Å². The predicted octanol–water partition coefficient (Wildman–Crippen LogP) is 2.18. The van der Waals surface area contributed by atoms with Gasteiger partial charge in [-0.3, -0.25) is 4.48 Å². The normalized spacial score (nSPS) is 23.7. The Labute approximate surface area is 181 Å². The number of nitrogens with two attached hydrogens (primary N) is 1. The van der Waals surface area contributed by atoms with E-state index in [4.69, 9.17) is 11.0 Å². The molecule has 0 spiro atoms. The van der Waals surface area contributed by atoms with E-state index in [1.165, 1.54) is 12.1 Å². The number of aromatic nitrogens is 2. The number of rotatable bonds is 3. The molecule has 3 rings (SSSR count). The zero-order valence-corrected chi connectivity index (χ0v) is 18.1. The average Bonchev–Trinajstić information content (AvgIpc) is 2.65. The predicted molar refractivity (Wildman–Crippen MR) is 114 cm³/mol. The van der Waals surface area contributed by atoms with Crippen LogP contribution in [0.4, 0.5) is 21.0 Å². The number of likely N-dealkylation sites (tertiary alicyclic amines) is 1. The Kier molecular flexibility index (Phi) is 5.87. The first-order chi connectivity index (χ1) is 14.4. The Morgan fingerprint density at radius 1 is 1.32 bits per heavy atom. The van der Waals surface area contributed by atoms with Gasteiger partial charge in [0.15, 0.2) is 0 Å². The fraction of sp³-hybridized carbons (Fsp3) is 0.455. The van der Waals surface area contributed by atoms with Gasteiger partial charge in [-0.15, -0.1) is 0 Å². The molecule has 1 fully saturated rings. The first-order valence-electron chi connectivity index (χ1n) is 10.1. The van der Waals surface area contributed by atoms with Crippen LogP contribution in [-0.4, -0.2) is 40.7 Å². The van der Waals surface area contributed by atoms with Crippen LogP contribution < -0.4 is 20.6 Å². The van der Waals surface area contributed by atoms with Crippen LogP contribution in [0, 0.1) is 23.1 Å². The summed E-state index contributed by atoms with van der Waals surface area (Å²) in [6.07, 6.45) is -0.611. The third-order valence-corrected chi connectivity index (χ3v) is 6.00. The number of hydrogen-bond donors (Lipinski definition) is 2. The Morgan fingerprint density at radius 2 is 2.03 bits per heavy atom. The smallest absolute Gasteiger partial charge is 0.233 e. The highest BCUT2D eigenvalue weighted by molar-refractivity contribution is 5.65. The maximum atomic E-state index is 14.2. The van der Waals surface area contributed by atoms with E-state index in [0.29, 0.717) is 34.5 Å².